The van der Waals surface area contributed by atoms with Gasteiger partial charge in [-0.1, -0.05) is 18.2 Å². The van der Waals surface area contributed by atoms with Crippen LogP contribution in [0, 0.1) is 0 Å². The summed E-state index contributed by atoms with van der Waals surface area (Å²) >= 11 is 0. The second-order valence-corrected chi connectivity index (χ2v) is 6.62. The normalized spacial score (nSPS) is 12.1. The smallest absolute Gasteiger partial charge is 0.255 e. The minimum atomic E-state index is -0.506. The molecule has 0 fully saturated rings. The van der Waals surface area contributed by atoms with E-state index >= 15 is 0 Å². The van der Waals surface area contributed by atoms with Crippen LogP contribution in [0.5, 0.6) is 17.2 Å². The lowest BCUT2D eigenvalue weighted by Crippen LogP contribution is -2.38. The van der Waals surface area contributed by atoms with Crippen molar-refractivity contribution in [3.63, 3.8) is 0 Å². The predicted molar refractivity (Wildman–Crippen MR) is 125 cm³/mol. The summed E-state index contributed by atoms with van der Waals surface area (Å²) in [5.41, 5.74) is 7.19. The Hall–Kier alpha value is -2.69. The fourth-order valence-corrected chi connectivity index (χ4v) is 2.91. The second-order valence-electron chi connectivity index (χ2n) is 6.62. The number of primary amides is 1. The number of nitrogens with one attached hydrogen (secondary N) is 1. The number of aliphatic imine (C=N–C) groups is 1. The predicted octanol–water partition coefficient (Wildman–Crippen LogP) is 2.49. The van der Waals surface area contributed by atoms with Gasteiger partial charge in [-0.15, -0.1) is 24.0 Å². The zero-order valence-electron chi connectivity index (χ0n) is 17.1. The molecule has 2 aromatic carbocycles. The first-order valence-electron chi connectivity index (χ1n) is 9.43. The Morgan fingerprint density at radius 2 is 2.00 bits per heavy atom. The van der Waals surface area contributed by atoms with Gasteiger partial charge in [0, 0.05) is 20.1 Å². The minimum absolute atomic E-state index is 0. The van der Waals surface area contributed by atoms with E-state index in [9.17, 15) is 4.79 Å². The Labute approximate surface area is 193 Å². The fraction of sp³-hybridized carbons (Fsp3) is 0.333. The highest BCUT2D eigenvalue weighted by molar-refractivity contribution is 14.0. The molecule has 162 valence electrons. The number of guanidine groups is 1. The maximum atomic E-state index is 10.9. The van der Waals surface area contributed by atoms with E-state index in [2.05, 4.69) is 10.2 Å². The highest BCUT2D eigenvalue weighted by Crippen LogP contribution is 2.32. The Morgan fingerprint density at radius 3 is 2.77 bits per heavy atom. The first kappa shape index (κ1) is 23.6. The molecule has 3 rings (SSSR count). The topological polar surface area (TPSA) is 98.4 Å². The van der Waals surface area contributed by atoms with Crippen molar-refractivity contribution in [2.75, 3.05) is 27.0 Å². The van der Waals surface area contributed by atoms with Crippen LogP contribution < -0.4 is 25.3 Å². The van der Waals surface area contributed by atoms with Gasteiger partial charge < -0.3 is 30.2 Å². The van der Waals surface area contributed by atoms with Gasteiger partial charge in [-0.2, -0.15) is 0 Å². The minimum Gasteiger partial charge on any atom is -0.484 e. The maximum Gasteiger partial charge on any atom is 0.255 e. The van der Waals surface area contributed by atoms with Crippen molar-refractivity contribution < 1.29 is 19.0 Å². The molecule has 0 atom stereocenters. The molecule has 30 heavy (non-hydrogen) atoms. The van der Waals surface area contributed by atoms with Crippen LogP contribution in [0.25, 0.3) is 0 Å². The number of halogens is 1. The standard InChI is InChI=1S/C21H26N4O4.HI/c1-3-23-21(24-11-15-5-4-6-17(9-15)27-13-20(22)26)25(2)12-16-7-8-18-19(10-16)29-14-28-18;/h4-10H,3,11-14H2,1-2H3,(H2,22,26)(H,23,24);1H. The van der Waals surface area contributed by atoms with Crippen molar-refractivity contribution in [2.24, 2.45) is 10.7 Å². The van der Waals surface area contributed by atoms with Crippen molar-refractivity contribution in [1.82, 2.24) is 10.2 Å². The molecule has 3 N–H and O–H groups in total. The van der Waals surface area contributed by atoms with Gasteiger partial charge in [0.05, 0.1) is 6.54 Å². The highest BCUT2D eigenvalue weighted by atomic mass is 127. The van der Waals surface area contributed by atoms with Gasteiger partial charge in [0.1, 0.15) is 5.75 Å². The van der Waals surface area contributed by atoms with Gasteiger partial charge in [-0.25, -0.2) is 4.99 Å². The summed E-state index contributed by atoms with van der Waals surface area (Å²) in [4.78, 5) is 17.6. The lowest BCUT2D eigenvalue weighted by atomic mass is 10.2. The van der Waals surface area contributed by atoms with E-state index in [-0.39, 0.29) is 37.4 Å². The van der Waals surface area contributed by atoms with Gasteiger partial charge in [0.15, 0.2) is 24.1 Å². The number of hydrogen-bond acceptors (Lipinski definition) is 5. The molecule has 1 aliphatic heterocycles. The molecule has 1 amide bonds. The summed E-state index contributed by atoms with van der Waals surface area (Å²) < 4.78 is 16.2. The maximum absolute atomic E-state index is 10.9. The highest BCUT2D eigenvalue weighted by Gasteiger charge is 2.14. The number of rotatable bonds is 8. The molecule has 0 radical (unpaired) electrons. The Bertz CT molecular complexity index is 891. The van der Waals surface area contributed by atoms with Gasteiger partial charge in [0.2, 0.25) is 6.79 Å². The Kier molecular flexibility index (Phi) is 9.03. The molecular weight excluding hydrogens is 499 g/mol. The Morgan fingerprint density at radius 1 is 1.20 bits per heavy atom. The molecule has 0 saturated heterocycles. The van der Waals surface area contributed by atoms with Crippen molar-refractivity contribution in [3.8, 4) is 17.2 Å². The summed E-state index contributed by atoms with van der Waals surface area (Å²) in [6, 6.07) is 13.4. The monoisotopic (exact) mass is 526 g/mol. The summed E-state index contributed by atoms with van der Waals surface area (Å²) in [6.45, 7) is 4.05. The lowest BCUT2D eigenvalue weighted by Gasteiger charge is -2.22. The summed E-state index contributed by atoms with van der Waals surface area (Å²) in [5, 5.41) is 3.31. The van der Waals surface area contributed by atoms with Gasteiger partial charge in [-0.05, 0) is 42.3 Å². The number of benzene rings is 2. The number of carbonyl (C=O) groups excluding carboxylic acids is 1. The Balaban J connectivity index is 0.00000320. The van der Waals surface area contributed by atoms with Gasteiger partial charge >= 0.3 is 0 Å². The molecule has 0 aliphatic carbocycles. The average Bonchev–Trinajstić information content (AvgIpc) is 3.17. The second kappa shape index (κ2) is 11.5. The number of hydrogen-bond donors (Lipinski definition) is 2. The molecule has 9 heteroatoms. The van der Waals surface area contributed by atoms with Crippen LogP contribution in [-0.2, 0) is 17.9 Å². The average molecular weight is 526 g/mol. The summed E-state index contributed by atoms with van der Waals surface area (Å²) in [7, 11) is 1.98. The van der Waals surface area contributed by atoms with E-state index in [1.165, 1.54) is 0 Å². The quantitative estimate of drug-likeness (QED) is 0.312. The first-order chi connectivity index (χ1) is 14.0. The first-order valence-corrected chi connectivity index (χ1v) is 9.43. The lowest BCUT2D eigenvalue weighted by molar-refractivity contribution is -0.119. The third-order valence-electron chi connectivity index (χ3n) is 4.24. The van der Waals surface area contributed by atoms with Crippen LogP contribution in [0.4, 0.5) is 0 Å². The number of amides is 1. The van der Waals surface area contributed by atoms with Crippen LogP contribution in [0.3, 0.4) is 0 Å². The van der Waals surface area contributed by atoms with E-state index in [1.807, 2.05) is 50.4 Å². The van der Waals surface area contributed by atoms with E-state index < -0.39 is 5.91 Å². The zero-order chi connectivity index (χ0) is 20.6. The number of nitrogens with two attached hydrogens (primary N) is 1. The van der Waals surface area contributed by atoms with Crippen molar-refractivity contribution in [3.05, 3.63) is 53.6 Å². The van der Waals surface area contributed by atoms with Crippen LogP contribution >= 0.6 is 24.0 Å². The van der Waals surface area contributed by atoms with Crippen LogP contribution in [0.1, 0.15) is 18.1 Å². The number of fused-ring (bicyclic) bond motifs is 1. The van der Waals surface area contributed by atoms with E-state index in [0.717, 1.165) is 35.1 Å². The molecule has 0 spiro atoms. The van der Waals surface area contributed by atoms with Gasteiger partial charge in [-0.3, -0.25) is 4.79 Å². The number of carbonyl (C=O) groups is 1. The van der Waals surface area contributed by atoms with E-state index in [0.29, 0.717) is 18.8 Å². The SMILES string of the molecule is CCNC(=NCc1cccc(OCC(N)=O)c1)N(C)Cc1ccc2c(c1)OCO2.I. The zero-order valence-corrected chi connectivity index (χ0v) is 19.4. The van der Waals surface area contributed by atoms with Crippen LogP contribution in [-0.4, -0.2) is 43.8 Å². The fourth-order valence-electron chi connectivity index (χ4n) is 2.91. The van der Waals surface area contributed by atoms with Crippen molar-refractivity contribution in [1.29, 1.82) is 0 Å². The molecule has 8 nitrogen and oxygen atoms in total. The number of nitrogens with zero attached hydrogens (tertiary/aromatic N) is 2. The molecular formula is C21H27IN4O4. The largest absolute Gasteiger partial charge is 0.484 e. The van der Waals surface area contributed by atoms with Crippen molar-refractivity contribution >= 4 is 35.8 Å². The molecule has 0 bridgehead atoms. The summed E-state index contributed by atoms with van der Waals surface area (Å²) in [6.07, 6.45) is 0. The molecule has 1 heterocycles. The molecule has 1 aliphatic rings. The van der Waals surface area contributed by atoms with Crippen LogP contribution in [0.15, 0.2) is 47.5 Å². The number of ether oxygens (including phenoxy) is 3. The molecule has 2 aromatic rings. The van der Waals surface area contributed by atoms with Crippen molar-refractivity contribution in [2.45, 2.75) is 20.0 Å². The van der Waals surface area contributed by atoms with Gasteiger partial charge in [0.25, 0.3) is 5.91 Å². The summed E-state index contributed by atoms with van der Waals surface area (Å²) in [5.74, 6) is 2.41. The van der Waals surface area contributed by atoms with Crippen LogP contribution in [0.2, 0.25) is 0 Å². The third-order valence-corrected chi connectivity index (χ3v) is 4.24. The van der Waals surface area contributed by atoms with E-state index in [1.54, 1.807) is 6.07 Å². The third kappa shape index (κ3) is 6.68. The molecule has 0 aromatic heterocycles. The molecule has 0 saturated carbocycles. The molecule has 0 unspecified atom stereocenters. The van der Waals surface area contributed by atoms with E-state index in [4.69, 9.17) is 24.9 Å².